The van der Waals surface area contributed by atoms with Crippen LogP contribution in [-0.4, -0.2) is 76.4 Å². The molecule has 7 nitrogen and oxygen atoms in total. The summed E-state index contributed by atoms with van der Waals surface area (Å²) in [7, 11) is 1.83. The molecule has 0 aliphatic carbocycles. The van der Waals surface area contributed by atoms with Gasteiger partial charge in [-0.05, 0) is 13.3 Å². The molecule has 0 bridgehead atoms. The van der Waals surface area contributed by atoms with Crippen molar-refractivity contribution < 1.29 is 0 Å². The molecule has 0 amide bonds. The van der Waals surface area contributed by atoms with Crippen molar-refractivity contribution in [3.8, 4) is 0 Å². The molecule has 1 aromatic heterocycles. The molecule has 1 aromatic rings. The fourth-order valence-electron chi connectivity index (χ4n) is 3.10. The second kappa shape index (κ2) is 9.81. The summed E-state index contributed by atoms with van der Waals surface area (Å²) in [5.74, 6) is 5.37. The second-order valence-electron chi connectivity index (χ2n) is 6.09. The molecule has 0 saturated carbocycles. The summed E-state index contributed by atoms with van der Waals surface area (Å²) >= 11 is 2.05. The average Bonchev–Trinajstić information content (AvgIpc) is 2.94. The van der Waals surface area contributed by atoms with E-state index >= 15 is 0 Å². The highest BCUT2D eigenvalue weighted by Crippen LogP contribution is 2.12. The minimum absolute atomic E-state index is 0. The topological polar surface area (TPSA) is 70.4 Å². The van der Waals surface area contributed by atoms with Crippen LogP contribution in [0.4, 0.5) is 0 Å². The normalized spacial score (nSPS) is 21.8. The molecule has 1 unspecified atom stereocenters. The molecule has 9 heteroatoms. The van der Waals surface area contributed by atoms with Crippen molar-refractivity contribution in [3.63, 3.8) is 0 Å². The maximum Gasteiger partial charge on any atom is 0.191 e. The lowest BCUT2D eigenvalue weighted by Gasteiger charge is -2.28. The first-order chi connectivity index (χ1) is 11.2. The number of aromatic nitrogens is 3. The number of rotatable bonds is 4. The molecule has 1 atom stereocenters. The summed E-state index contributed by atoms with van der Waals surface area (Å²) in [6.45, 7) is 7.24. The third-order valence-corrected chi connectivity index (χ3v) is 5.30. The molecule has 0 spiro atoms. The minimum Gasteiger partial charge on any atom is -0.355 e. The average molecular weight is 465 g/mol. The van der Waals surface area contributed by atoms with Crippen molar-refractivity contribution >= 4 is 41.7 Å². The predicted molar refractivity (Wildman–Crippen MR) is 111 cm³/mol. The van der Waals surface area contributed by atoms with E-state index in [1.165, 1.54) is 24.6 Å². The van der Waals surface area contributed by atoms with Gasteiger partial charge in [0.25, 0.3) is 0 Å². The number of guanidine groups is 1. The first kappa shape index (κ1) is 19.8. The predicted octanol–water partition coefficient (Wildman–Crippen LogP) is 0.733. The third-order valence-electron chi connectivity index (χ3n) is 4.35. The Bertz CT molecular complexity index is 542. The van der Waals surface area contributed by atoms with Crippen LogP contribution >= 0.6 is 35.7 Å². The standard InChI is InChI=1S/C15H27N7S.HI/c1-12-18-14-4-3-13(11-22(14)20-12)19-15(16-2)17-5-6-21-7-9-23-10-8-21;/h13H,3-11H2,1-2H3,(H2,16,17,19);1H. The van der Waals surface area contributed by atoms with Crippen LogP contribution in [-0.2, 0) is 13.0 Å². The number of hydrogen-bond donors (Lipinski definition) is 2. The summed E-state index contributed by atoms with van der Waals surface area (Å²) in [5, 5.41) is 11.4. The van der Waals surface area contributed by atoms with Crippen molar-refractivity contribution in [3.05, 3.63) is 11.6 Å². The van der Waals surface area contributed by atoms with Gasteiger partial charge in [-0.1, -0.05) is 0 Å². The number of halogens is 1. The summed E-state index contributed by atoms with van der Waals surface area (Å²) in [5.41, 5.74) is 0. The van der Waals surface area contributed by atoms with E-state index in [1.807, 2.05) is 18.7 Å². The first-order valence-electron chi connectivity index (χ1n) is 8.42. The van der Waals surface area contributed by atoms with Gasteiger partial charge in [-0.2, -0.15) is 16.9 Å². The van der Waals surface area contributed by atoms with E-state index in [4.69, 9.17) is 0 Å². The molecule has 3 rings (SSSR count). The molecule has 0 aromatic carbocycles. The van der Waals surface area contributed by atoms with Crippen LogP contribution in [0.25, 0.3) is 0 Å². The number of thioether (sulfide) groups is 1. The van der Waals surface area contributed by atoms with Crippen molar-refractivity contribution in [2.45, 2.75) is 32.4 Å². The van der Waals surface area contributed by atoms with E-state index < -0.39 is 0 Å². The van der Waals surface area contributed by atoms with Gasteiger partial charge in [0.05, 0.1) is 6.54 Å². The molecule has 136 valence electrons. The Kier molecular flexibility index (Phi) is 8.08. The van der Waals surface area contributed by atoms with Gasteiger partial charge in [0.1, 0.15) is 11.6 Å². The Morgan fingerprint density at radius 3 is 2.92 bits per heavy atom. The van der Waals surface area contributed by atoms with Crippen LogP contribution in [0.1, 0.15) is 18.1 Å². The highest BCUT2D eigenvalue weighted by Gasteiger charge is 2.21. The molecule has 0 radical (unpaired) electrons. The van der Waals surface area contributed by atoms with Crippen LogP contribution in [0.5, 0.6) is 0 Å². The fourth-order valence-corrected chi connectivity index (χ4v) is 4.08. The van der Waals surface area contributed by atoms with Crippen LogP contribution in [0.3, 0.4) is 0 Å². The van der Waals surface area contributed by atoms with E-state index in [-0.39, 0.29) is 24.0 Å². The van der Waals surface area contributed by atoms with Gasteiger partial charge in [-0.3, -0.25) is 9.89 Å². The molecule has 3 heterocycles. The van der Waals surface area contributed by atoms with E-state index in [0.29, 0.717) is 6.04 Å². The number of fused-ring (bicyclic) bond motifs is 1. The number of nitrogens with one attached hydrogen (secondary N) is 2. The quantitative estimate of drug-likeness (QED) is 0.389. The largest absolute Gasteiger partial charge is 0.355 e. The molecular weight excluding hydrogens is 437 g/mol. The van der Waals surface area contributed by atoms with Gasteiger partial charge in [-0.15, -0.1) is 24.0 Å². The zero-order valence-electron chi connectivity index (χ0n) is 14.5. The summed E-state index contributed by atoms with van der Waals surface area (Å²) in [6.07, 6.45) is 2.04. The summed E-state index contributed by atoms with van der Waals surface area (Å²) in [6, 6.07) is 0.362. The maximum atomic E-state index is 4.46. The molecule has 1 saturated heterocycles. The number of aliphatic imine (C=N–C) groups is 1. The van der Waals surface area contributed by atoms with Crippen LogP contribution in [0.2, 0.25) is 0 Å². The van der Waals surface area contributed by atoms with Crippen LogP contribution in [0.15, 0.2) is 4.99 Å². The van der Waals surface area contributed by atoms with Gasteiger partial charge in [0.2, 0.25) is 0 Å². The lowest BCUT2D eigenvalue weighted by molar-refractivity contribution is 0.306. The third kappa shape index (κ3) is 5.48. The zero-order chi connectivity index (χ0) is 16.1. The van der Waals surface area contributed by atoms with Gasteiger partial charge in [0.15, 0.2) is 5.96 Å². The fraction of sp³-hybridized carbons (Fsp3) is 0.800. The molecule has 2 aliphatic rings. The van der Waals surface area contributed by atoms with Crippen LogP contribution < -0.4 is 10.6 Å². The minimum atomic E-state index is 0. The Morgan fingerprint density at radius 2 is 2.17 bits per heavy atom. The van der Waals surface area contributed by atoms with Crippen molar-refractivity contribution in [1.29, 1.82) is 0 Å². The maximum absolute atomic E-state index is 4.46. The molecule has 2 aliphatic heterocycles. The van der Waals surface area contributed by atoms with Crippen molar-refractivity contribution in [2.75, 3.05) is 44.7 Å². The monoisotopic (exact) mass is 465 g/mol. The SMILES string of the molecule is CN=C(NCCN1CCSCC1)NC1CCc2nc(C)nn2C1.I. The Labute approximate surface area is 165 Å². The smallest absolute Gasteiger partial charge is 0.191 e. The van der Waals surface area contributed by atoms with Gasteiger partial charge in [-0.25, -0.2) is 9.67 Å². The molecular formula is C15H28IN7S. The Balaban J connectivity index is 0.00000208. The van der Waals surface area contributed by atoms with Gasteiger partial charge < -0.3 is 10.6 Å². The lowest BCUT2D eigenvalue weighted by Crippen LogP contribution is -2.49. The van der Waals surface area contributed by atoms with E-state index in [2.05, 4.69) is 42.4 Å². The van der Waals surface area contributed by atoms with E-state index in [1.54, 1.807) is 0 Å². The molecule has 24 heavy (non-hydrogen) atoms. The summed E-state index contributed by atoms with van der Waals surface area (Å²) in [4.78, 5) is 11.3. The highest BCUT2D eigenvalue weighted by atomic mass is 127. The number of hydrogen-bond acceptors (Lipinski definition) is 5. The lowest BCUT2D eigenvalue weighted by atomic mass is 10.1. The molecule has 1 fully saturated rings. The van der Waals surface area contributed by atoms with Gasteiger partial charge >= 0.3 is 0 Å². The second-order valence-corrected chi connectivity index (χ2v) is 7.32. The first-order valence-corrected chi connectivity index (χ1v) is 9.57. The molecule has 2 N–H and O–H groups in total. The Hall–Kier alpha value is -0.550. The van der Waals surface area contributed by atoms with E-state index in [9.17, 15) is 0 Å². The number of nitrogens with zero attached hydrogens (tertiary/aromatic N) is 5. The highest BCUT2D eigenvalue weighted by molar-refractivity contribution is 14.0. The van der Waals surface area contributed by atoms with Crippen molar-refractivity contribution in [1.82, 2.24) is 30.3 Å². The summed E-state index contributed by atoms with van der Waals surface area (Å²) < 4.78 is 2.02. The zero-order valence-corrected chi connectivity index (χ0v) is 17.6. The van der Waals surface area contributed by atoms with E-state index in [0.717, 1.165) is 50.1 Å². The van der Waals surface area contributed by atoms with Crippen molar-refractivity contribution in [2.24, 2.45) is 4.99 Å². The van der Waals surface area contributed by atoms with Gasteiger partial charge in [0, 0.05) is 57.2 Å². The van der Waals surface area contributed by atoms with Crippen LogP contribution in [0, 0.1) is 6.92 Å². The number of aryl methyl sites for hydroxylation is 2. The Morgan fingerprint density at radius 1 is 1.38 bits per heavy atom.